The van der Waals surface area contributed by atoms with Crippen LogP contribution < -0.4 is 10.1 Å². The maximum atomic E-state index is 11.8. The number of benzene rings is 1. The van der Waals surface area contributed by atoms with Crippen molar-refractivity contribution in [3.05, 3.63) is 43.0 Å². The van der Waals surface area contributed by atoms with Gasteiger partial charge in [-0.05, 0) is 43.5 Å². The molecule has 0 unspecified atom stereocenters. The Kier molecular flexibility index (Phi) is 7.65. The monoisotopic (exact) mass is 379 g/mol. The number of ether oxygens (including phenoxy) is 1. The zero-order chi connectivity index (χ0) is 18.8. The maximum Gasteiger partial charge on any atom is 0.220 e. The number of nitrogens with one attached hydrogen (secondary N) is 1. The third-order valence-corrected chi connectivity index (χ3v) is 4.92. The van der Waals surface area contributed by atoms with Gasteiger partial charge < -0.3 is 14.6 Å². The number of unbranched alkanes of at least 4 members (excludes halogenated alkanes) is 1. The zero-order valence-corrected chi connectivity index (χ0v) is 15.7. The largest absolute Gasteiger partial charge is 0.494 e. The number of sulfone groups is 1. The molecule has 0 bridgehead atoms. The Hall–Kier alpha value is -2.35. The van der Waals surface area contributed by atoms with Crippen LogP contribution in [0.2, 0.25) is 0 Å². The molecule has 2 aromatic rings. The molecule has 0 fully saturated rings. The van der Waals surface area contributed by atoms with Crippen LogP contribution in [-0.4, -0.2) is 43.3 Å². The van der Waals surface area contributed by atoms with Gasteiger partial charge in [-0.25, -0.2) is 13.4 Å². The van der Waals surface area contributed by atoms with Gasteiger partial charge in [-0.2, -0.15) is 0 Å². The fourth-order valence-electron chi connectivity index (χ4n) is 2.36. The molecule has 1 amide bonds. The summed E-state index contributed by atoms with van der Waals surface area (Å²) in [7, 11) is -3.19. The molecule has 7 nitrogen and oxygen atoms in total. The topological polar surface area (TPSA) is 90.3 Å². The molecule has 1 N–H and O–H groups in total. The first kappa shape index (κ1) is 20.0. The van der Waals surface area contributed by atoms with Crippen molar-refractivity contribution in [2.45, 2.75) is 37.1 Å². The third-order valence-electron chi connectivity index (χ3n) is 3.79. The molecule has 8 heteroatoms. The van der Waals surface area contributed by atoms with Gasteiger partial charge >= 0.3 is 0 Å². The number of hydrogen-bond acceptors (Lipinski definition) is 5. The van der Waals surface area contributed by atoms with Gasteiger partial charge in [0.2, 0.25) is 5.91 Å². The van der Waals surface area contributed by atoms with Crippen LogP contribution >= 0.6 is 0 Å². The zero-order valence-electron chi connectivity index (χ0n) is 14.9. The van der Waals surface area contributed by atoms with E-state index in [1.54, 1.807) is 24.7 Å². The minimum Gasteiger partial charge on any atom is -0.494 e. The van der Waals surface area contributed by atoms with Gasteiger partial charge in [-0.1, -0.05) is 0 Å². The average Bonchev–Trinajstić information content (AvgIpc) is 3.11. The second kappa shape index (κ2) is 9.96. The first-order valence-electron chi connectivity index (χ1n) is 8.60. The van der Waals surface area contributed by atoms with E-state index in [4.69, 9.17) is 4.74 Å². The molecule has 1 heterocycles. The summed E-state index contributed by atoms with van der Waals surface area (Å²) >= 11 is 0. The lowest BCUT2D eigenvalue weighted by Crippen LogP contribution is -2.24. The molecule has 0 aliphatic rings. The summed E-state index contributed by atoms with van der Waals surface area (Å²) in [5, 5.41) is 2.90. The Morgan fingerprint density at radius 1 is 1.19 bits per heavy atom. The van der Waals surface area contributed by atoms with Gasteiger partial charge in [-0.3, -0.25) is 4.79 Å². The van der Waals surface area contributed by atoms with Crippen molar-refractivity contribution in [3.8, 4) is 5.75 Å². The number of aromatic nitrogens is 2. The van der Waals surface area contributed by atoms with Crippen molar-refractivity contribution in [3.63, 3.8) is 0 Å². The standard InChI is InChI=1S/C18H25N3O4S/c1-26(23,24)17-8-6-16(7-9-17)25-14-4-5-18(22)20-10-2-3-12-21-13-11-19-15-21/h6-9,11,13,15H,2-5,10,12,14H2,1H3,(H,20,22). The van der Waals surface area contributed by atoms with Gasteiger partial charge in [0.15, 0.2) is 9.84 Å². The van der Waals surface area contributed by atoms with Crippen LogP contribution in [0.25, 0.3) is 0 Å². The Labute approximate surface area is 154 Å². The van der Waals surface area contributed by atoms with Crippen LogP contribution in [-0.2, 0) is 21.2 Å². The molecule has 2 rings (SSSR count). The highest BCUT2D eigenvalue weighted by atomic mass is 32.2. The Morgan fingerprint density at radius 2 is 1.96 bits per heavy atom. The summed E-state index contributed by atoms with van der Waals surface area (Å²) in [6.07, 6.45) is 9.55. The Balaban J connectivity index is 1.53. The first-order valence-corrected chi connectivity index (χ1v) is 10.5. The van der Waals surface area contributed by atoms with E-state index in [1.807, 2.05) is 10.8 Å². The quantitative estimate of drug-likeness (QED) is 0.604. The van der Waals surface area contributed by atoms with E-state index in [9.17, 15) is 13.2 Å². The molecule has 0 saturated heterocycles. The molecule has 1 aromatic carbocycles. The van der Waals surface area contributed by atoms with Gasteiger partial charge in [0, 0.05) is 38.2 Å². The summed E-state index contributed by atoms with van der Waals surface area (Å²) in [5.41, 5.74) is 0. The van der Waals surface area contributed by atoms with Crippen molar-refractivity contribution in [1.29, 1.82) is 0 Å². The number of carbonyl (C=O) groups excluding carboxylic acids is 1. The van der Waals surface area contributed by atoms with E-state index < -0.39 is 9.84 Å². The van der Waals surface area contributed by atoms with Gasteiger partial charge in [0.1, 0.15) is 5.75 Å². The smallest absolute Gasteiger partial charge is 0.220 e. The lowest BCUT2D eigenvalue weighted by molar-refractivity contribution is -0.121. The van der Waals surface area contributed by atoms with Crippen molar-refractivity contribution >= 4 is 15.7 Å². The molecular weight excluding hydrogens is 354 g/mol. The van der Waals surface area contributed by atoms with Crippen molar-refractivity contribution < 1.29 is 17.9 Å². The van der Waals surface area contributed by atoms with Gasteiger partial charge in [0.25, 0.3) is 0 Å². The number of nitrogens with zero attached hydrogens (tertiary/aromatic N) is 2. The average molecular weight is 379 g/mol. The van der Waals surface area contributed by atoms with E-state index >= 15 is 0 Å². The summed E-state index contributed by atoms with van der Waals surface area (Å²) in [6, 6.07) is 6.27. The molecule has 0 atom stereocenters. The minimum absolute atomic E-state index is 0.0173. The summed E-state index contributed by atoms with van der Waals surface area (Å²) < 4.78 is 30.3. The highest BCUT2D eigenvalue weighted by Crippen LogP contribution is 2.16. The van der Waals surface area contributed by atoms with Crippen molar-refractivity contribution in [2.24, 2.45) is 0 Å². The van der Waals surface area contributed by atoms with Crippen LogP contribution in [0.3, 0.4) is 0 Å². The van der Waals surface area contributed by atoms with Crippen LogP contribution in [0, 0.1) is 0 Å². The molecule has 0 spiro atoms. The molecule has 0 radical (unpaired) electrons. The Bertz CT molecular complexity index is 771. The highest BCUT2D eigenvalue weighted by Gasteiger charge is 2.06. The van der Waals surface area contributed by atoms with Crippen LogP contribution in [0.15, 0.2) is 47.9 Å². The van der Waals surface area contributed by atoms with Crippen molar-refractivity contribution in [2.75, 3.05) is 19.4 Å². The molecular formula is C18H25N3O4S. The second-order valence-electron chi connectivity index (χ2n) is 6.05. The minimum atomic E-state index is -3.19. The number of carbonyl (C=O) groups is 1. The molecule has 0 aliphatic carbocycles. The van der Waals surface area contributed by atoms with E-state index in [2.05, 4.69) is 10.3 Å². The molecule has 0 saturated carbocycles. The summed E-state index contributed by atoms with van der Waals surface area (Å²) in [6.45, 7) is 1.98. The molecule has 1 aromatic heterocycles. The third kappa shape index (κ3) is 7.26. The fraction of sp³-hybridized carbons (Fsp3) is 0.444. The van der Waals surface area contributed by atoms with Gasteiger partial charge in [0.05, 0.1) is 17.8 Å². The number of rotatable bonds is 11. The summed E-state index contributed by atoms with van der Waals surface area (Å²) in [4.78, 5) is 16.0. The Morgan fingerprint density at radius 3 is 2.62 bits per heavy atom. The summed E-state index contributed by atoms with van der Waals surface area (Å²) in [5.74, 6) is 0.612. The van der Waals surface area contributed by atoms with E-state index in [1.165, 1.54) is 18.4 Å². The van der Waals surface area contributed by atoms with Crippen molar-refractivity contribution in [1.82, 2.24) is 14.9 Å². The van der Waals surface area contributed by atoms with Crippen LogP contribution in [0.4, 0.5) is 0 Å². The lowest BCUT2D eigenvalue weighted by Gasteiger charge is -2.08. The van der Waals surface area contributed by atoms with Crippen LogP contribution in [0.5, 0.6) is 5.75 Å². The van der Waals surface area contributed by atoms with Crippen LogP contribution in [0.1, 0.15) is 25.7 Å². The van der Waals surface area contributed by atoms with E-state index in [0.29, 0.717) is 31.7 Å². The SMILES string of the molecule is CS(=O)(=O)c1ccc(OCCCC(=O)NCCCCn2ccnc2)cc1. The highest BCUT2D eigenvalue weighted by molar-refractivity contribution is 7.90. The number of hydrogen-bond donors (Lipinski definition) is 1. The molecule has 26 heavy (non-hydrogen) atoms. The number of aryl methyl sites for hydroxylation is 1. The number of imidazole rings is 1. The normalized spacial score (nSPS) is 11.3. The molecule has 142 valence electrons. The fourth-order valence-corrected chi connectivity index (χ4v) is 2.99. The number of amides is 1. The predicted octanol–water partition coefficient (Wildman–Crippen LogP) is 2.04. The van der Waals surface area contributed by atoms with E-state index in [0.717, 1.165) is 19.4 Å². The van der Waals surface area contributed by atoms with Gasteiger partial charge in [-0.15, -0.1) is 0 Å². The first-order chi connectivity index (χ1) is 12.4. The van der Waals surface area contributed by atoms with E-state index in [-0.39, 0.29) is 10.8 Å². The lowest BCUT2D eigenvalue weighted by atomic mass is 10.2. The maximum absolute atomic E-state index is 11.8. The predicted molar refractivity (Wildman–Crippen MR) is 98.8 cm³/mol. The molecule has 0 aliphatic heterocycles. The second-order valence-corrected chi connectivity index (χ2v) is 8.07.